The molecule has 0 spiro atoms. The molecule has 1 aromatic heterocycles. The van der Waals surface area contributed by atoms with Crippen LogP contribution in [0.5, 0.6) is 0 Å². The van der Waals surface area contributed by atoms with Crippen molar-refractivity contribution in [3.05, 3.63) is 86.0 Å². The van der Waals surface area contributed by atoms with Crippen molar-refractivity contribution in [1.82, 2.24) is 5.43 Å². The Labute approximate surface area is 169 Å². The number of para-hydroxylation sites is 1. The molecule has 3 rings (SSSR count). The minimum Gasteiger partial charge on any atom is -0.321 e. The number of hydrogen-bond acceptors (Lipinski definition) is 4. The van der Waals surface area contributed by atoms with Gasteiger partial charge >= 0.3 is 0 Å². The standard InChI is InChI=1S/C19H13Cl2N3O2S/c20-12-7-8-14(16(21)10-12)18(25)23-17-6-2-1-5-15(17)19(26)24-22-11-13-4-3-9-27-13/h1-11H,(H,23,25)(H,24,26)/b22-11+. The third kappa shape index (κ3) is 4.95. The maximum Gasteiger partial charge on any atom is 0.273 e. The first-order valence-electron chi connectivity index (χ1n) is 7.77. The number of hydrogen-bond donors (Lipinski definition) is 2. The van der Waals surface area contributed by atoms with Crippen molar-refractivity contribution in [2.75, 3.05) is 5.32 Å². The molecule has 2 N–H and O–H groups in total. The van der Waals surface area contributed by atoms with Crippen LogP contribution in [0.4, 0.5) is 5.69 Å². The molecule has 0 atom stereocenters. The summed E-state index contributed by atoms with van der Waals surface area (Å²) >= 11 is 13.4. The molecule has 1 heterocycles. The van der Waals surface area contributed by atoms with Crippen LogP contribution in [0.3, 0.4) is 0 Å². The fourth-order valence-electron chi connectivity index (χ4n) is 2.23. The predicted octanol–water partition coefficient (Wildman–Crippen LogP) is 5.07. The molecule has 0 saturated heterocycles. The van der Waals surface area contributed by atoms with Crippen LogP contribution in [0.2, 0.25) is 10.0 Å². The van der Waals surface area contributed by atoms with Crippen molar-refractivity contribution in [3.63, 3.8) is 0 Å². The van der Waals surface area contributed by atoms with E-state index in [4.69, 9.17) is 23.2 Å². The van der Waals surface area contributed by atoms with Crippen LogP contribution in [-0.2, 0) is 0 Å². The quantitative estimate of drug-likeness (QED) is 0.449. The molecule has 27 heavy (non-hydrogen) atoms. The molecular weight excluding hydrogens is 405 g/mol. The number of thiophene rings is 1. The number of hydrazone groups is 1. The van der Waals surface area contributed by atoms with Crippen LogP contribution in [0.25, 0.3) is 0 Å². The smallest absolute Gasteiger partial charge is 0.273 e. The van der Waals surface area contributed by atoms with E-state index in [9.17, 15) is 9.59 Å². The molecule has 8 heteroatoms. The van der Waals surface area contributed by atoms with E-state index >= 15 is 0 Å². The second kappa shape index (κ2) is 8.81. The van der Waals surface area contributed by atoms with Crippen LogP contribution in [0.1, 0.15) is 25.6 Å². The Morgan fingerprint density at radius 1 is 0.963 bits per heavy atom. The minimum absolute atomic E-state index is 0.225. The van der Waals surface area contributed by atoms with Crippen molar-refractivity contribution in [2.24, 2.45) is 5.10 Å². The average molecular weight is 418 g/mol. The monoisotopic (exact) mass is 417 g/mol. The number of nitrogens with one attached hydrogen (secondary N) is 2. The van der Waals surface area contributed by atoms with Crippen molar-refractivity contribution >= 4 is 58.3 Å². The molecule has 0 fully saturated rings. The second-order valence-electron chi connectivity index (χ2n) is 5.34. The van der Waals surface area contributed by atoms with Crippen LogP contribution >= 0.6 is 34.5 Å². The molecule has 5 nitrogen and oxygen atoms in total. The maximum atomic E-state index is 12.5. The number of carbonyl (C=O) groups is 2. The van der Waals surface area contributed by atoms with E-state index in [2.05, 4.69) is 15.8 Å². The lowest BCUT2D eigenvalue weighted by molar-refractivity contribution is 0.0956. The van der Waals surface area contributed by atoms with Crippen LogP contribution in [0.15, 0.2) is 65.1 Å². The van der Waals surface area contributed by atoms with Gasteiger partial charge in [0.25, 0.3) is 11.8 Å². The highest BCUT2D eigenvalue weighted by Gasteiger charge is 2.15. The van der Waals surface area contributed by atoms with Crippen molar-refractivity contribution in [2.45, 2.75) is 0 Å². The number of carbonyl (C=O) groups excluding carboxylic acids is 2. The Kier molecular flexibility index (Phi) is 6.24. The molecule has 0 aliphatic rings. The molecular formula is C19H13Cl2N3O2S. The van der Waals surface area contributed by atoms with Gasteiger partial charge in [-0.2, -0.15) is 5.10 Å². The SMILES string of the molecule is O=C(Nc1ccccc1C(=O)N/N=C/c1cccs1)c1ccc(Cl)cc1Cl. The Morgan fingerprint density at radius 2 is 1.78 bits per heavy atom. The highest BCUT2D eigenvalue weighted by molar-refractivity contribution is 7.11. The Morgan fingerprint density at radius 3 is 2.52 bits per heavy atom. The van der Waals surface area contributed by atoms with E-state index < -0.39 is 11.8 Å². The molecule has 0 unspecified atom stereocenters. The zero-order valence-electron chi connectivity index (χ0n) is 13.8. The lowest BCUT2D eigenvalue weighted by Crippen LogP contribution is -2.21. The summed E-state index contributed by atoms with van der Waals surface area (Å²) in [4.78, 5) is 25.8. The number of benzene rings is 2. The molecule has 0 aliphatic heterocycles. The van der Waals surface area contributed by atoms with Gasteiger partial charge in [-0.05, 0) is 41.8 Å². The first-order valence-corrected chi connectivity index (χ1v) is 9.40. The molecule has 0 saturated carbocycles. The van der Waals surface area contributed by atoms with Gasteiger partial charge in [0.15, 0.2) is 0 Å². The summed E-state index contributed by atoms with van der Waals surface area (Å²) in [6.45, 7) is 0. The van der Waals surface area contributed by atoms with E-state index in [0.717, 1.165) is 4.88 Å². The zero-order valence-corrected chi connectivity index (χ0v) is 16.1. The van der Waals surface area contributed by atoms with Crippen molar-refractivity contribution < 1.29 is 9.59 Å². The highest BCUT2D eigenvalue weighted by Crippen LogP contribution is 2.23. The first kappa shape index (κ1) is 19.1. The topological polar surface area (TPSA) is 70.6 Å². The van der Waals surface area contributed by atoms with Gasteiger partial charge < -0.3 is 5.32 Å². The molecule has 2 aromatic carbocycles. The fourth-order valence-corrected chi connectivity index (χ4v) is 3.31. The van der Waals surface area contributed by atoms with Crippen LogP contribution < -0.4 is 10.7 Å². The van der Waals surface area contributed by atoms with E-state index in [1.165, 1.54) is 23.5 Å². The third-order valence-electron chi connectivity index (χ3n) is 3.50. The lowest BCUT2D eigenvalue weighted by Gasteiger charge is -2.11. The molecule has 136 valence electrons. The molecule has 0 aliphatic carbocycles. The number of nitrogens with zero attached hydrogens (tertiary/aromatic N) is 1. The number of amides is 2. The normalized spacial score (nSPS) is 10.7. The van der Waals surface area contributed by atoms with Gasteiger partial charge in [0, 0.05) is 9.90 Å². The molecule has 0 radical (unpaired) electrons. The second-order valence-corrected chi connectivity index (χ2v) is 7.16. The number of anilines is 1. The molecule has 0 bridgehead atoms. The van der Waals surface area contributed by atoms with Gasteiger partial charge in [0.05, 0.1) is 28.1 Å². The van der Waals surface area contributed by atoms with E-state index in [1.807, 2.05) is 17.5 Å². The minimum atomic E-state index is -0.445. The number of rotatable bonds is 5. The summed E-state index contributed by atoms with van der Waals surface area (Å²) in [6, 6.07) is 15.0. The Balaban J connectivity index is 1.75. The van der Waals surface area contributed by atoms with Crippen LogP contribution in [-0.4, -0.2) is 18.0 Å². The summed E-state index contributed by atoms with van der Waals surface area (Å²) in [6.07, 6.45) is 1.55. The van der Waals surface area contributed by atoms with Gasteiger partial charge in [0.1, 0.15) is 0 Å². The third-order valence-corrected chi connectivity index (χ3v) is 4.85. The summed E-state index contributed by atoms with van der Waals surface area (Å²) < 4.78 is 0. The number of halogens is 2. The summed E-state index contributed by atoms with van der Waals surface area (Å²) in [7, 11) is 0. The van der Waals surface area contributed by atoms with Crippen molar-refractivity contribution in [3.8, 4) is 0 Å². The Bertz CT molecular complexity index is 1000. The van der Waals surface area contributed by atoms with Gasteiger partial charge in [0.2, 0.25) is 0 Å². The molecule has 2 amide bonds. The summed E-state index contributed by atoms with van der Waals surface area (Å²) in [5.41, 5.74) is 3.33. The highest BCUT2D eigenvalue weighted by atomic mass is 35.5. The summed E-state index contributed by atoms with van der Waals surface area (Å²) in [5.74, 6) is -0.889. The van der Waals surface area contributed by atoms with Crippen molar-refractivity contribution in [1.29, 1.82) is 0 Å². The molecule has 3 aromatic rings. The van der Waals surface area contributed by atoms with Gasteiger partial charge in [-0.1, -0.05) is 41.4 Å². The van der Waals surface area contributed by atoms with E-state index in [1.54, 1.807) is 36.5 Å². The zero-order chi connectivity index (χ0) is 19.2. The predicted molar refractivity (Wildman–Crippen MR) is 110 cm³/mol. The Hall–Kier alpha value is -2.67. The van der Waals surface area contributed by atoms with Gasteiger partial charge in [-0.3, -0.25) is 9.59 Å². The van der Waals surface area contributed by atoms with E-state index in [-0.39, 0.29) is 16.1 Å². The lowest BCUT2D eigenvalue weighted by atomic mass is 10.1. The fraction of sp³-hybridized carbons (Fsp3) is 0. The summed E-state index contributed by atoms with van der Waals surface area (Å²) in [5, 5.41) is 9.19. The van der Waals surface area contributed by atoms with Crippen LogP contribution in [0, 0.1) is 0 Å². The largest absolute Gasteiger partial charge is 0.321 e. The first-order chi connectivity index (χ1) is 13.0. The van der Waals surface area contributed by atoms with E-state index in [0.29, 0.717) is 10.7 Å². The van der Waals surface area contributed by atoms with Gasteiger partial charge in [-0.15, -0.1) is 11.3 Å². The average Bonchev–Trinajstić information content (AvgIpc) is 3.15. The maximum absolute atomic E-state index is 12.5. The van der Waals surface area contributed by atoms with Gasteiger partial charge in [-0.25, -0.2) is 5.43 Å².